The number of amidine groups is 1. The molecule has 0 saturated carbocycles. The first-order valence-electron chi connectivity index (χ1n) is 8.77. The molecule has 3 heterocycles. The zero-order valence-electron chi connectivity index (χ0n) is 15.6. The molecular formula is C19H20Cl2F2N4O2S. The lowest BCUT2D eigenvalue weighted by atomic mass is 9.75. The minimum absolute atomic E-state index is 0. The number of halogens is 4. The minimum atomic E-state index is -0.813. The molecule has 1 saturated heterocycles. The Hall–Kier alpha value is -1.94. The maximum absolute atomic E-state index is 14.8. The molecular weight excluding hydrogens is 457 g/mol. The van der Waals surface area contributed by atoms with Crippen LogP contribution in [0.3, 0.4) is 0 Å². The van der Waals surface area contributed by atoms with Crippen LogP contribution in [0.25, 0.3) is 0 Å². The monoisotopic (exact) mass is 476 g/mol. The van der Waals surface area contributed by atoms with Gasteiger partial charge in [-0.3, -0.25) is 9.79 Å². The van der Waals surface area contributed by atoms with Gasteiger partial charge >= 0.3 is 0 Å². The second kappa shape index (κ2) is 9.91. The van der Waals surface area contributed by atoms with Gasteiger partial charge in [0, 0.05) is 35.9 Å². The van der Waals surface area contributed by atoms with Crippen LogP contribution in [0.1, 0.15) is 22.5 Å². The summed E-state index contributed by atoms with van der Waals surface area (Å²) < 4.78 is 33.4. The second-order valence-electron chi connectivity index (χ2n) is 6.72. The third-order valence-corrected chi connectivity index (χ3v) is 5.97. The Bertz CT molecular complexity index is 949. The molecule has 11 heteroatoms. The lowest BCUT2D eigenvalue weighted by Crippen LogP contribution is -2.47. The van der Waals surface area contributed by atoms with Gasteiger partial charge in [-0.2, -0.15) is 0 Å². The smallest absolute Gasteiger partial charge is 0.274 e. The van der Waals surface area contributed by atoms with Crippen molar-refractivity contribution in [3.8, 4) is 0 Å². The van der Waals surface area contributed by atoms with Gasteiger partial charge in [0.15, 0.2) is 5.17 Å². The summed E-state index contributed by atoms with van der Waals surface area (Å²) in [7, 11) is 0. The maximum atomic E-state index is 14.8. The molecule has 1 unspecified atom stereocenters. The van der Waals surface area contributed by atoms with Crippen LogP contribution in [0, 0.1) is 17.6 Å². The normalized spacial score (nSPS) is 22.6. The van der Waals surface area contributed by atoms with Crippen molar-refractivity contribution in [2.75, 3.05) is 24.3 Å². The SMILES string of the molecule is Cl.Cl.NC1=N[C@]2(c3cc(NC(=O)c4ccc(F)cn4)ccc3F)CCOCC2CS1. The average Bonchev–Trinajstić information content (AvgIpc) is 2.69. The highest BCUT2D eigenvalue weighted by atomic mass is 35.5. The fraction of sp³-hybridized carbons (Fsp3) is 0.316. The minimum Gasteiger partial charge on any atom is -0.381 e. The van der Waals surface area contributed by atoms with Crippen molar-refractivity contribution in [3.05, 3.63) is 59.4 Å². The molecule has 2 atom stereocenters. The van der Waals surface area contributed by atoms with Gasteiger partial charge in [0.2, 0.25) is 0 Å². The standard InChI is InChI=1S/C19H18F2N4O2S.2ClH/c20-12-1-4-16(23-8-12)17(26)24-13-2-3-15(21)14(7-13)19-5-6-27-9-11(19)10-28-18(22)25-19;;/h1-4,7-8,11H,5-6,9-10H2,(H2,22,25)(H,24,26);2*1H/t11?,19-;;/m1../s1. The molecule has 2 aromatic rings. The van der Waals surface area contributed by atoms with Crippen molar-refractivity contribution < 1.29 is 18.3 Å². The zero-order valence-corrected chi connectivity index (χ0v) is 18.1. The Kier molecular flexibility index (Phi) is 8.04. The number of carbonyl (C=O) groups is 1. The number of rotatable bonds is 3. The Morgan fingerprint density at radius 1 is 1.27 bits per heavy atom. The van der Waals surface area contributed by atoms with Crippen molar-refractivity contribution >= 4 is 53.3 Å². The quantitative estimate of drug-likeness (QED) is 0.703. The topological polar surface area (TPSA) is 89.6 Å². The van der Waals surface area contributed by atoms with Crippen LogP contribution < -0.4 is 11.1 Å². The third-order valence-electron chi connectivity index (χ3n) is 5.01. The van der Waals surface area contributed by atoms with Gasteiger partial charge in [0.25, 0.3) is 5.91 Å². The highest BCUT2D eigenvalue weighted by molar-refractivity contribution is 8.13. The number of nitrogens with two attached hydrogens (primary N) is 1. The molecule has 0 aliphatic carbocycles. The van der Waals surface area contributed by atoms with Gasteiger partial charge in [-0.15, -0.1) is 24.8 Å². The van der Waals surface area contributed by atoms with Crippen molar-refractivity contribution in [2.24, 2.45) is 16.6 Å². The number of ether oxygens (including phenoxy) is 1. The molecule has 1 amide bonds. The van der Waals surface area contributed by atoms with E-state index in [0.717, 1.165) is 12.3 Å². The van der Waals surface area contributed by atoms with Crippen LogP contribution in [0.4, 0.5) is 14.5 Å². The summed E-state index contributed by atoms with van der Waals surface area (Å²) in [6, 6.07) is 6.79. The molecule has 1 aromatic carbocycles. The van der Waals surface area contributed by atoms with E-state index in [0.29, 0.717) is 41.8 Å². The molecule has 0 spiro atoms. The molecule has 3 N–H and O–H groups in total. The second-order valence-corrected chi connectivity index (χ2v) is 7.76. The number of benzene rings is 1. The molecule has 0 radical (unpaired) electrons. The van der Waals surface area contributed by atoms with E-state index in [-0.39, 0.29) is 36.4 Å². The van der Waals surface area contributed by atoms with E-state index in [4.69, 9.17) is 10.5 Å². The highest BCUT2D eigenvalue weighted by Crippen LogP contribution is 2.46. The zero-order chi connectivity index (χ0) is 19.7. The highest BCUT2D eigenvalue weighted by Gasteiger charge is 2.47. The number of anilines is 1. The number of aliphatic imine (C=N–C) groups is 1. The van der Waals surface area contributed by atoms with Gasteiger partial charge in [0.1, 0.15) is 17.3 Å². The van der Waals surface area contributed by atoms with E-state index >= 15 is 0 Å². The van der Waals surface area contributed by atoms with Crippen LogP contribution in [0.2, 0.25) is 0 Å². The summed E-state index contributed by atoms with van der Waals surface area (Å²) in [6.45, 7) is 0.923. The molecule has 2 aliphatic heterocycles. The van der Waals surface area contributed by atoms with Crippen molar-refractivity contribution in [2.45, 2.75) is 12.0 Å². The Morgan fingerprint density at radius 2 is 2.07 bits per heavy atom. The first-order chi connectivity index (χ1) is 13.5. The summed E-state index contributed by atoms with van der Waals surface area (Å²) >= 11 is 1.43. The van der Waals surface area contributed by atoms with E-state index in [9.17, 15) is 13.6 Å². The van der Waals surface area contributed by atoms with Crippen LogP contribution in [0.15, 0.2) is 41.5 Å². The van der Waals surface area contributed by atoms with Gasteiger partial charge < -0.3 is 15.8 Å². The first kappa shape index (κ1) is 24.3. The predicted octanol–water partition coefficient (Wildman–Crippen LogP) is 3.75. The fourth-order valence-electron chi connectivity index (χ4n) is 3.60. The Labute approximate surface area is 188 Å². The number of aromatic nitrogens is 1. The lowest BCUT2D eigenvalue weighted by Gasteiger charge is -2.44. The van der Waals surface area contributed by atoms with Crippen LogP contribution in [-0.4, -0.2) is 35.0 Å². The molecule has 2 aliphatic rings. The number of nitrogens with zero attached hydrogens (tertiary/aromatic N) is 2. The summed E-state index contributed by atoms with van der Waals surface area (Å²) in [6.07, 6.45) is 1.47. The van der Waals surface area contributed by atoms with Crippen LogP contribution in [0.5, 0.6) is 0 Å². The average molecular weight is 477 g/mol. The van der Waals surface area contributed by atoms with Crippen molar-refractivity contribution in [1.82, 2.24) is 4.98 Å². The summed E-state index contributed by atoms with van der Waals surface area (Å²) in [4.78, 5) is 20.8. The van der Waals surface area contributed by atoms with E-state index < -0.39 is 23.1 Å². The maximum Gasteiger partial charge on any atom is 0.274 e. The Morgan fingerprint density at radius 3 is 2.80 bits per heavy atom. The largest absolute Gasteiger partial charge is 0.381 e. The Balaban J connectivity index is 0.00000160. The summed E-state index contributed by atoms with van der Waals surface area (Å²) in [5.74, 6) is -0.784. The number of nitrogens with one attached hydrogen (secondary N) is 1. The van der Waals surface area contributed by atoms with E-state index in [1.54, 1.807) is 6.07 Å². The number of pyridine rings is 1. The molecule has 1 fully saturated rings. The third kappa shape index (κ3) is 4.69. The van der Waals surface area contributed by atoms with E-state index in [1.165, 1.54) is 30.0 Å². The molecule has 30 heavy (non-hydrogen) atoms. The van der Waals surface area contributed by atoms with Crippen LogP contribution >= 0.6 is 36.6 Å². The molecule has 162 valence electrons. The van der Waals surface area contributed by atoms with Gasteiger partial charge in [0.05, 0.1) is 18.3 Å². The van der Waals surface area contributed by atoms with Gasteiger partial charge in [-0.05, 0) is 30.3 Å². The number of fused-ring (bicyclic) bond motifs is 1. The summed E-state index contributed by atoms with van der Waals surface area (Å²) in [5, 5.41) is 3.10. The first-order valence-corrected chi connectivity index (χ1v) is 9.75. The van der Waals surface area contributed by atoms with Gasteiger partial charge in [-0.1, -0.05) is 11.8 Å². The summed E-state index contributed by atoms with van der Waals surface area (Å²) in [5.41, 5.74) is 6.00. The number of hydrogen-bond acceptors (Lipinski definition) is 6. The molecule has 6 nitrogen and oxygen atoms in total. The number of hydrogen-bond donors (Lipinski definition) is 2. The van der Waals surface area contributed by atoms with Gasteiger partial charge in [-0.25, -0.2) is 13.8 Å². The molecule has 4 rings (SSSR count). The number of carbonyl (C=O) groups excluding carboxylic acids is 1. The molecule has 1 aromatic heterocycles. The van der Waals surface area contributed by atoms with Crippen molar-refractivity contribution in [1.29, 1.82) is 0 Å². The van der Waals surface area contributed by atoms with Crippen LogP contribution in [-0.2, 0) is 10.3 Å². The number of amides is 1. The molecule has 0 bridgehead atoms. The number of thioether (sulfide) groups is 1. The van der Waals surface area contributed by atoms with E-state index in [1.807, 2.05) is 0 Å². The van der Waals surface area contributed by atoms with E-state index in [2.05, 4.69) is 15.3 Å². The van der Waals surface area contributed by atoms with Crippen molar-refractivity contribution in [3.63, 3.8) is 0 Å². The fourth-order valence-corrected chi connectivity index (χ4v) is 4.57. The lowest BCUT2D eigenvalue weighted by molar-refractivity contribution is 0.00886. The predicted molar refractivity (Wildman–Crippen MR) is 118 cm³/mol.